The topological polar surface area (TPSA) is 43.8 Å². The third-order valence-electron chi connectivity index (χ3n) is 1.63. The van der Waals surface area contributed by atoms with Crippen molar-refractivity contribution in [2.75, 3.05) is 6.54 Å². The average Bonchev–Trinajstić information content (AvgIpc) is 2.31. The Morgan fingerprint density at radius 2 is 2.45 bits per heavy atom. The van der Waals surface area contributed by atoms with Gasteiger partial charge in [0.2, 0.25) is 0 Å². The van der Waals surface area contributed by atoms with Gasteiger partial charge >= 0.3 is 0 Å². The molecule has 0 aliphatic rings. The van der Waals surface area contributed by atoms with Gasteiger partial charge in [-0.15, -0.1) is 0 Å². The maximum atomic E-state index is 5.38. The van der Waals surface area contributed by atoms with E-state index in [4.69, 9.17) is 5.73 Å². The van der Waals surface area contributed by atoms with Gasteiger partial charge in [0.15, 0.2) is 0 Å². The first-order chi connectivity index (χ1) is 5.25. The summed E-state index contributed by atoms with van der Waals surface area (Å²) in [6.45, 7) is 0.727. The van der Waals surface area contributed by atoms with Gasteiger partial charge in [-0.05, 0) is 28.9 Å². The number of halogens is 1. The van der Waals surface area contributed by atoms with Crippen molar-refractivity contribution < 1.29 is 0 Å². The summed E-state index contributed by atoms with van der Waals surface area (Å²) in [5.74, 6) is 1.09. The van der Waals surface area contributed by atoms with E-state index in [1.807, 2.05) is 17.8 Å². The van der Waals surface area contributed by atoms with Crippen molar-refractivity contribution in [3.63, 3.8) is 0 Å². The van der Waals surface area contributed by atoms with E-state index in [-0.39, 0.29) is 0 Å². The third kappa shape index (κ3) is 2.04. The summed E-state index contributed by atoms with van der Waals surface area (Å²) in [5, 5.41) is 0. The molecule has 2 N–H and O–H groups in total. The predicted molar refractivity (Wildman–Crippen MR) is 48.3 cm³/mol. The Hall–Kier alpha value is -0.350. The molecule has 0 saturated carbocycles. The number of nitrogens with zero attached hydrogens (tertiary/aromatic N) is 2. The Bertz CT molecular complexity index is 232. The molecule has 0 radical (unpaired) electrons. The van der Waals surface area contributed by atoms with Crippen LogP contribution in [0, 0.1) is 0 Å². The molecule has 4 heteroatoms. The van der Waals surface area contributed by atoms with Crippen molar-refractivity contribution in [3.05, 3.63) is 16.6 Å². The van der Waals surface area contributed by atoms with E-state index in [2.05, 4.69) is 20.9 Å². The smallest absolute Gasteiger partial charge is 0.109 e. The number of hydrogen-bond donors (Lipinski definition) is 1. The van der Waals surface area contributed by atoms with Crippen molar-refractivity contribution in [1.29, 1.82) is 0 Å². The lowest BCUT2D eigenvalue weighted by Gasteiger charge is -1.99. The minimum absolute atomic E-state index is 0.727. The van der Waals surface area contributed by atoms with Crippen LogP contribution in [0.2, 0.25) is 0 Å². The Labute approximate surface area is 74.7 Å². The Balaban J connectivity index is 2.63. The molecule has 0 unspecified atom stereocenters. The SMILES string of the molecule is Cn1c(Br)cnc1CCCN. The van der Waals surface area contributed by atoms with Gasteiger partial charge in [-0.3, -0.25) is 0 Å². The van der Waals surface area contributed by atoms with Crippen LogP contribution in [-0.4, -0.2) is 16.1 Å². The molecule has 0 atom stereocenters. The molecule has 62 valence electrons. The first kappa shape index (κ1) is 8.74. The molecule has 0 aliphatic heterocycles. The molecule has 0 aliphatic carbocycles. The largest absolute Gasteiger partial charge is 0.330 e. The quantitative estimate of drug-likeness (QED) is 0.824. The second-order valence-corrected chi connectivity index (χ2v) is 3.26. The molecule has 0 aromatic carbocycles. The number of hydrogen-bond acceptors (Lipinski definition) is 2. The van der Waals surface area contributed by atoms with Crippen molar-refractivity contribution in [1.82, 2.24) is 9.55 Å². The minimum Gasteiger partial charge on any atom is -0.330 e. The molecule has 1 aromatic heterocycles. The Kier molecular flexibility index (Phi) is 3.08. The summed E-state index contributed by atoms with van der Waals surface area (Å²) in [7, 11) is 1.99. The molecule has 0 saturated heterocycles. The summed E-state index contributed by atoms with van der Waals surface area (Å²) in [5.41, 5.74) is 5.38. The maximum absolute atomic E-state index is 5.38. The zero-order valence-corrected chi connectivity index (χ0v) is 8.13. The van der Waals surface area contributed by atoms with E-state index in [1.54, 1.807) is 0 Å². The van der Waals surface area contributed by atoms with Gasteiger partial charge in [-0.1, -0.05) is 0 Å². The highest BCUT2D eigenvalue weighted by Gasteiger charge is 2.01. The lowest BCUT2D eigenvalue weighted by molar-refractivity contribution is 0.724. The zero-order chi connectivity index (χ0) is 8.27. The van der Waals surface area contributed by atoms with E-state index in [9.17, 15) is 0 Å². The summed E-state index contributed by atoms with van der Waals surface area (Å²) >= 11 is 3.38. The first-order valence-corrected chi connectivity index (χ1v) is 4.41. The molecule has 1 aromatic rings. The highest BCUT2D eigenvalue weighted by molar-refractivity contribution is 9.10. The molecule has 0 bridgehead atoms. The van der Waals surface area contributed by atoms with Gasteiger partial charge in [-0.2, -0.15) is 0 Å². The fourth-order valence-electron chi connectivity index (χ4n) is 0.917. The Morgan fingerprint density at radius 1 is 1.73 bits per heavy atom. The van der Waals surface area contributed by atoms with Gasteiger partial charge in [0.25, 0.3) is 0 Å². The number of imidazole rings is 1. The van der Waals surface area contributed by atoms with E-state index in [1.165, 1.54) is 0 Å². The van der Waals surface area contributed by atoms with E-state index < -0.39 is 0 Å². The maximum Gasteiger partial charge on any atom is 0.109 e. The van der Waals surface area contributed by atoms with Crippen LogP contribution in [0.25, 0.3) is 0 Å². The number of aryl methyl sites for hydroxylation is 1. The van der Waals surface area contributed by atoms with Crippen molar-refractivity contribution in [2.24, 2.45) is 12.8 Å². The van der Waals surface area contributed by atoms with Crippen molar-refractivity contribution in [3.8, 4) is 0 Å². The van der Waals surface area contributed by atoms with Crippen LogP contribution >= 0.6 is 15.9 Å². The molecule has 0 fully saturated rings. The molecule has 1 rings (SSSR count). The molecular weight excluding hydrogens is 206 g/mol. The van der Waals surface area contributed by atoms with E-state index >= 15 is 0 Å². The lowest BCUT2D eigenvalue weighted by atomic mass is 10.3. The minimum atomic E-state index is 0.727. The molecule has 1 heterocycles. The second-order valence-electron chi connectivity index (χ2n) is 2.45. The lowest BCUT2D eigenvalue weighted by Crippen LogP contribution is -2.04. The van der Waals surface area contributed by atoms with Crippen LogP contribution < -0.4 is 5.73 Å². The van der Waals surface area contributed by atoms with Crippen LogP contribution in [0.15, 0.2) is 10.8 Å². The van der Waals surface area contributed by atoms with Gasteiger partial charge < -0.3 is 10.3 Å². The molecule has 0 spiro atoms. The second kappa shape index (κ2) is 3.88. The van der Waals surface area contributed by atoms with Crippen LogP contribution in [0.5, 0.6) is 0 Å². The summed E-state index contributed by atoms with van der Waals surface area (Å²) in [4.78, 5) is 4.21. The van der Waals surface area contributed by atoms with Gasteiger partial charge in [-0.25, -0.2) is 4.98 Å². The monoisotopic (exact) mass is 217 g/mol. The average molecular weight is 218 g/mol. The fourth-order valence-corrected chi connectivity index (χ4v) is 1.22. The molecule has 11 heavy (non-hydrogen) atoms. The zero-order valence-electron chi connectivity index (χ0n) is 6.55. The standard InChI is InChI=1S/C7H12BrN3/c1-11-6(8)5-10-7(11)3-2-4-9/h5H,2-4,9H2,1H3. The molecule has 3 nitrogen and oxygen atoms in total. The van der Waals surface area contributed by atoms with Gasteiger partial charge in [0.1, 0.15) is 10.4 Å². The van der Waals surface area contributed by atoms with Crippen molar-refractivity contribution in [2.45, 2.75) is 12.8 Å². The number of rotatable bonds is 3. The molecule has 0 amide bonds. The summed E-state index contributed by atoms with van der Waals surface area (Å²) in [6, 6.07) is 0. The number of aromatic nitrogens is 2. The summed E-state index contributed by atoms with van der Waals surface area (Å²) < 4.78 is 3.04. The summed E-state index contributed by atoms with van der Waals surface area (Å²) in [6.07, 6.45) is 3.77. The highest BCUT2D eigenvalue weighted by Crippen LogP contribution is 2.10. The van der Waals surface area contributed by atoms with Crippen LogP contribution in [0.4, 0.5) is 0 Å². The highest BCUT2D eigenvalue weighted by atomic mass is 79.9. The molecular formula is C7H12BrN3. The van der Waals surface area contributed by atoms with E-state index in [0.717, 1.165) is 29.8 Å². The third-order valence-corrected chi connectivity index (χ3v) is 2.37. The van der Waals surface area contributed by atoms with Gasteiger partial charge in [0, 0.05) is 13.5 Å². The number of nitrogens with two attached hydrogens (primary N) is 1. The first-order valence-electron chi connectivity index (χ1n) is 3.62. The van der Waals surface area contributed by atoms with Crippen LogP contribution in [0.3, 0.4) is 0 Å². The normalized spacial score (nSPS) is 10.5. The fraction of sp³-hybridized carbons (Fsp3) is 0.571. The Morgan fingerprint density at radius 3 is 2.91 bits per heavy atom. The van der Waals surface area contributed by atoms with Gasteiger partial charge in [0.05, 0.1) is 6.20 Å². The van der Waals surface area contributed by atoms with Crippen LogP contribution in [0.1, 0.15) is 12.2 Å². The van der Waals surface area contributed by atoms with Crippen molar-refractivity contribution >= 4 is 15.9 Å². The predicted octanol–water partition coefficient (Wildman–Crippen LogP) is 1.07. The van der Waals surface area contributed by atoms with E-state index in [0.29, 0.717) is 0 Å². The van der Waals surface area contributed by atoms with Crippen LogP contribution in [-0.2, 0) is 13.5 Å².